The molecule has 0 aliphatic carbocycles. The van der Waals surface area contributed by atoms with Gasteiger partial charge >= 0.3 is 5.96 Å². The number of phosphoric acid groups is 1. The van der Waals surface area contributed by atoms with Crippen LogP contribution in [-0.4, -0.2) is 5.96 Å². The van der Waals surface area contributed by atoms with Crippen molar-refractivity contribution in [2.24, 2.45) is 11.5 Å². The molecule has 0 heterocycles. The lowest BCUT2D eigenvalue weighted by Gasteiger charge is -2.36. The second kappa shape index (κ2) is 4.28. The molecule has 8 heteroatoms. The van der Waals surface area contributed by atoms with Gasteiger partial charge in [-0.2, -0.15) is 7.82 Å². The fraction of sp³-hybridized carbons (Fsp3) is 0. The summed E-state index contributed by atoms with van der Waals surface area (Å²) in [6, 6.07) is 0. The van der Waals surface area contributed by atoms with Crippen molar-refractivity contribution in [3.63, 3.8) is 0 Å². The van der Waals surface area contributed by atoms with Crippen LogP contribution in [0.25, 0.3) is 0 Å². The molecule has 0 fully saturated rings. The van der Waals surface area contributed by atoms with E-state index in [1.54, 1.807) is 0 Å². The molecule has 0 aliphatic heterocycles. The Morgan fingerprint density at radius 2 is 1.33 bits per heavy atom. The predicted octanol–water partition coefficient (Wildman–Crippen LogP) is -5.81. The molecule has 9 heavy (non-hydrogen) atoms. The average molecular weight is 155 g/mol. The summed E-state index contributed by atoms with van der Waals surface area (Å²) in [7, 11) is -5.39. The Labute approximate surface area is 51.0 Å². The third-order valence-electron chi connectivity index (χ3n) is 0. The van der Waals surface area contributed by atoms with Crippen LogP contribution in [0.3, 0.4) is 0 Å². The first kappa shape index (κ1) is 11.2. The molecule has 0 aromatic heterocycles. The van der Waals surface area contributed by atoms with Crippen LogP contribution in [0.15, 0.2) is 0 Å². The summed E-state index contributed by atoms with van der Waals surface area (Å²) >= 11 is 0. The summed E-state index contributed by atoms with van der Waals surface area (Å²) in [6.07, 6.45) is 0. The van der Waals surface area contributed by atoms with Crippen LogP contribution in [0.2, 0.25) is 0 Å². The molecule has 0 radical (unpaired) electrons. The van der Waals surface area contributed by atoms with E-state index >= 15 is 0 Å². The van der Waals surface area contributed by atoms with Gasteiger partial charge in [-0.25, -0.2) is 0 Å². The molecule has 0 aliphatic rings. The van der Waals surface area contributed by atoms with E-state index in [9.17, 15) is 0 Å². The van der Waals surface area contributed by atoms with Crippen LogP contribution < -0.4 is 31.6 Å². The maximum atomic E-state index is 8.55. The number of hydrogen-bond acceptors (Lipinski definition) is 4. The van der Waals surface area contributed by atoms with E-state index in [1.807, 2.05) is 0 Å². The van der Waals surface area contributed by atoms with Gasteiger partial charge < -0.3 is 19.2 Å². The molecule has 0 spiro atoms. The van der Waals surface area contributed by atoms with Gasteiger partial charge in [0, 0.05) is 0 Å². The first-order valence-corrected chi connectivity index (χ1v) is 3.06. The van der Waals surface area contributed by atoms with Crippen LogP contribution in [0.1, 0.15) is 0 Å². The third kappa shape index (κ3) is 556. The van der Waals surface area contributed by atoms with E-state index in [0.29, 0.717) is 0 Å². The van der Waals surface area contributed by atoms with Crippen molar-refractivity contribution in [3.8, 4) is 0 Å². The summed E-state index contributed by atoms with van der Waals surface area (Å²) in [5.41, 5.74) is 9.17. The SMILES string of the molecule is NC(N)=[NH2+].O=P([O-])([O-])[O-]. The minimum absolute atomic E-state index is 0.0833. The molecule has 0 aromatic rings. The summed E-state index contributed by atoms with van der Waals surface area (Å²) < 4.78 is 8.55. The standard InChI is InChI=1S/CH5N3.H3O4P/c2-1(3)4;1-5(2,3)4/h(H5,2,3,4);(H3,1,2,3,4)/p-2. The lowest BCUT2D eigenvalue weighted by Crippen LogP contribution is -2.51. The van der Waals surface area contributed by atoms with Crippen LogP contribution in [0.5, 0.6) is 0 Å². The molecule has 56 valence electrons. The zero-order valence-electron chi connectivity index (χ0n) is 4.31. The van der Waals surface area contributed by atoms with Crippen molar-refractivity contribution >= 4 is 13.8 Å². The van der Waals surface area contributed by atoms with Gasteiger partial charge in [-0.05, 0) is 0 Å². The maximum Gasteiger partial charge on any atom is 0.336 e. The quantitative estimate of drug-likeness (QED) is 0.179. The lowest BCUT2D eigenvalue weighted by molar-refractivity contribution is -0.432. The summed E-state index contributed by atoms with van der Waals surface area (Å²) in [5.74, 6) is -0.0833. The van der Waals surface area contributed by atoms with Crippen LogP contribution in [0, 0.1) is 0 Å². The monoisotopic (exact) mass is 155 g/mol. The highest BCUT2D eigenvalue weighted by molar-refractivity contribution is 7.40. The van der Waals surface area contributed by atoms with Crippen molar-refractivity contribution in [1.82, 2.24) is 0 Å². The highest BCUT2D eigenvalue weighted by Gasteiger charge is 1.64. The predicted molar refractivity (Wildman–Crippen MR) is 22.9 cm³/mol. The van der Waals surface area contributed by atoms with Crippen molar-refractivity contribution < 1.29 is 24.7 Å². The molecule has 0 aromatic carbocycles. The number of guanidine groups is 1. The first-order valence-electron chi connectivity index (χ1n) is 1.60. The summed E-state index contributed by atoms with van der Waals surface area (Å²) in [5, 5.41) is 4.58. The molecule has 0 rings (SSSR count). The van der Waals surface area contributed by atoms with Gasteiger partial charge in [-0.1, -0.05) is 0 Å². The maximum absolute atomic E-state index is 8.55. The van der Waals surface area contributed by atoms with E-state index in [1.165, 1.54) is 0 Å². The number of hydrogen-bond donors (Lipinski definition) is 3. The Balaban J connectivity index is 0. The van der Waals surface area contributed by atoms with Gasteiger partial charge in [0.1, 0.15) is 0 Å². The van der Waals surface area contributed by atoms with E-state index < -0.39 is 7.82 Å². The van der Waals surface area contributed by atoms with Crippen LogP contribution >= 0.6 is 7.82 Å². The highest BCUT2D eigenvalue weighted by Crippen LogP contribution is 2.03. The second-order valence-corrected chi connectivity index (χ2v) is 1.84. The molecule has 0 amide bonds. The Morgan fingerprint density at radius 3 is 1.33 bits per heavy atom. The Morgan fingerprint density at radius 1 is 1.33 bits per heavy atom. The van der Waals surface area contributed by atoms with E-state index in [0.717, 1.165) is 0 Å². The van der Waals surface area contributed by atoms with Crippen molar-refractivity contribution in [1.29, 1.82) is 0 Å². The van der Waals surface area contributed by atoms with Gasteiger partial charge in [-0.3, -0.25) is 16.9 Å². The van der Waals surface area contributed by atoms with Crippen molar-refractivity contribution in [3.05, 3.63) is 0 Å². The third-order valence-corrected chi connectivity index (χ3v) is 0. The first-order chi connectivity index (χ1) is 3.73. The smallest absolute Gasteiger partial charge is 0.336 e. The minimum Gasteiger partial charge on any atom is -0.822 e. The normalized spacial score (nSPS) is 9.22. The molecular formula is CH6N3O4P-2. The van der Waals surface area contributed by atoms with Crippen LogP contribution in [0.4, 0.5) is 0 Å². The van der Waals surface area contributed by atoms with Gasteiger partial charge in [0.05, 0.1) is 0 Å². The fourth-order valence-corrected chi connectivity index (χ4v) is 0. The zero-order chi connectivity index (χ0) is 8.08. The Hall–Kier alpha value is -0.620. The molecule has 0 bridgehead atoms. The van der Waals surface area contributed by atoms with E-state index in [4.69, 9.17) is 19.2 Å². The second-order valence-electron chi connectivity index (χ2n) is 0.947. The van der Waals surface area contributed by atoms with Gasteiger partial charge in [0.15, 0.2) is 0 Å². The van der Waals surface area contributed by atoms with Gasteiger partial charge in [0.2, 0.25) is 0 Å². The van der Waals surface area contributed by atoms with E-state index in [2.05, 4.69) is 16.9 Å². The Kier molecular flexibility index (Phi) is 5.33. The van der Waals surface area contributed by atoms with Crippen molar-refractivity contribution in [2.45, 2.75) is 0 Å². The molecular weight excluding hydrogens is 149 g/mol. The number of rotatable bonds is 0. The molecule has 0 saturated carbocycles. The largest absolute Gasteiger partial charge is 0.822 e. The summed E-state index contributed by atoms with van der Waals surface area (Å²) in [6.45, 7) is 0. The molecule has 0 unspecified atom stereocenters. The van der Waals surface area contributed by atoms with Crippen LogP contribution in [-0.2, 0) is 4.57 Å². The van der Waals surface area contributed by atoms with Gasteiger partial charge in [0.25, 0.3) is 0 Å². The van der Waals surface area contributed by atoms with E-state index in [-0.39, 0.29) is 5.96 Å². The minimum atomic E-state index is -5.39. The topological polar surface area (TPSA) is 164 Å². The average Bonchev–Trinajstić information content (AvgIpc) is 1.19. The molecule has 6 N–H and O–H groups in total. The molecule has 0 saturated heterocycles. The lowest BCUT2D eigenvalue weighted by atomic mass is 11.1. The molecule has 7 nitrogen and oxygen atoms in total. The number of nitrogens with two attached hydrogens (primary N) is 3. The Bertz CT molecular complexity index is 116. The zero-order valence-corrected chi connectivity index (χ0v) is 5.21. The van der Waals surface area contributed by atoms with Gasteiger partial charge in [-0.15, -0.1) is 0 Å². The summed E-state index contributed by atoms with van der Waals surface area (Å²) in [4.78, 5) is 25.6. The highest BCUT2D eigenvalue weighted by atomic mass is 31.2. The fourth-order valence-electron chi connectivity index (χ4n) is 0. The van der Waals surface area contributed by atoms with Crippen molar-refractivity contribution in [2.75, 3.05) is 0 Å². The molecule has 0 atom stereocenters.